The molecule has 210 valence electrons. The second kappa shape index (κ2) is 9.88. The summed E-state index contributed by atoms with van der Waals surface area (Å²) in [6.45, 7) is 12.5. The number of rotatable bonds is 2. The summed E-state index contributed by atoms with van der Waals surface area (Å²) < 4.78 is 25.2. The highest BCUT2D eigenvalue weighted by molar-refractivity contribution is 6.07. The highest BCUT2D eigenvalue weighted by atomic mass is 19.2. The molecule has 7 rings (SSSR count). The van der Waals surface area contributed by atoms with Crippen LogP contribution in [0.4, 0.5) is 4.48 Å². The predicted octanol–water partition coefficient (Wildman–Crippen LogP) is 8.85. The molecule has 5 heteroatoms. The van der Waals surface area contributed by atoms with Crippen LogP contribution in [-0.4, -0.2) is 16.7 Å². The van der Waals surface area contributed by atoms with Crippen LogP contribution in [0.1, 0.15) is 59.7 Å². The highest BCUT2D eigenvalue weighted by Gasteiger charge is 2.46. The molecule has 0 radical (unpaired) electrons. The highest BCUT2D eigenvalue weighted by Crippen LogP contribution is 2.48. The quantitative estimate of drug-likeness (QED) is 0.160. The average molecular weight is 558 g/mol. The van der Waals surface area contributed by atoms with Crippen LogP contribution in [0.25, 0.3) is 39.0 Å². The fourth-order valence-electron chi connectivity index (χ4n) is 7.12. The average Bonchev–Trinajstić information content (AvgIpc) is 3.36. The third kappa shape index (κ3) is 3.98. The second-order valence-electron chi connectivity index (χ2n) is 11.8. The van der Waals surface area contributed by atoms with Crippen LogP contribution < -0.4 is 4.57 Å². The fraction of sp³-hybridized carbons (Fsp3) is 0.243. The van der Waals surface area contributed by atoms with E-state index in [0.29, 0.717) is 29.1 Å². The van der Waals surface area contributed by atoms with E-state index in [1.54, 1.807) is 19.2 Å². The number of hydrogen-bond acceptors (Lipinski definition) is 2. The molecule has 0 N–H and O–H groups in total. The van der Waals surface area contributed by atoms with Gasteiger partial charge >= 0.3 is 0 Å². The summed E-state index contributed by atoms with van der Waals surface area (Å²) in [7, 11) is 1.59. The van der Waals surface area contributed by atoms with Crippen molar-refractivity contribution in [3.05, 3.63) is 126 Å². The van der Waals surface area contributed by atoms with Crippen LogP contribution in [0.5, 0.6) is 0 Å². The van der Waals surface area contributed by atoms with Crippen LogP contribution in [-0.2, 0) is 12.8 Å². The lowest BCUT2D eigenvalue weighted by Gasteiger charge is -2.34. The molecule has 0 saturated carbocycles. The van der Waals surface area contributed by atoms with Crippen molar-refractivity contribution in [2.24, 2.45) is 0 Å². The normalized spacial score (nSPS) is 22.9. The Bertz CT molecular complexity index is 1950. The molecular weight excluding hydrogens is 521 g/mol. The molecule has 3 atom stereocenters. The Morgan fingerprint density at radius 2 is 1.95 bits per heavy atom. The lowest BCUT2D eigenvalue weighted by atomic mass is 9.76. The zero-order valence-electron chi connectivity index (χ0n) is 24.5. The van der Waals surface area contributed by atoms with E-state index < -0.39 is 4.71 Å². The van der Waals surface area contributed by atoms with E-state index >= 15 is 4.48 Å². The molecule has 5 aromatic rings. The molecule has 4 nitrogen and oxygen atoms in total. The molecule has 2 aliphatic heterocycles. The maximum atomic E-state index is 17.4. The Morgan fingerprint density at radius 1 is 1.12 bits per heavy atom. The first kappa shape index (κ1) is 26.5. The minimum Gasteiger partial charge on any atom is -0.437 e. The van der Waals surface area contributed by atoms with Crippen molar-refractivity contribution in [1.82, 2.24) is 4.98 Å². The number of quaternary nitrogens is 1. The molecule has 2 aliphatic rings. The van der Waals surface area contributed by atoms with Crippen molar-refractivity contribution in [1.29, 1.82) is 0 Å². The maximum Gasteiger partial charge on any atom is 0.227 e. The Morgan fingerprint density at radius 3 is 2.76 bits per heavy atom. The van der Waals surface area contributed by atoms with Crippen molar-refractivity contribution in [3.63, 3.8) is 0 Å². The minimum atomic E-state index is -0.963. The van der Waals surface area contributed by atoms with Gasteiger partial charge in [-0.3, -0.25) is 0 Å². The van der Waals surface area contributed by atoms with E-state index in [2.05, 4.69) is 84.4 Å². The number of furan rings is 1. The summed E-state index contributed by atoms with van der Waals surface area (Å²) in [4.78, 5) is 4.65. The summed E-state index contributed by atoms with van der Waals surface area (Å²) in [6, 6.07) is 21.5. The molecule has 0 saturated heterocycles. The smallest absolute Gasteiger partial charge is 0.227 e. The number of benzene rings is 2. The number of halogens is 1. The van der Waals surface area contributed by atoms with Gasteiger partial charge in [0.05, 0.1) is 12.0 Å². The van der Waals surface area contributed by atoms with E-state index in [4.69, 9.17) is 4.42 Å². The van der Waals surface area contributed by atoms with Gasteiger partial charge in [0.15, 0.2) is 29.2 Å². The van der Waals surface area contributed by atoms with Crippen molar-refractivity contribution in [2.45, 2.75) is 51.5 Å². The number of aromatic nitrogens is 2. The third-order valence-corrected chi connectivity index (χ3v) is 9.39. The van der Waals surface area contributed by atoms with Crippen molar-refractivity contribution in [2.75, 3.05) is 7.05 Å². The molecule has 0 aliphatic carbocycles. The molecule has 0 bridgehead atoms. The lowest BCUT2D eigenvalue weighted by Crippen LogP contribution is -2.49. The standard InChI is InChI=1S/C37H36FN3O/c1-6-10-34-35-26(15-19-29-30-16-12-23(3)39-37(30)42-36(29)35)14-18-28-31-22-25(7-2)13-17-27(31)32-11-8-9-20-40(32)33(28)21-24(4)41(34,5)38/h6,8-13,15-17,19-20,22,28,33H,1,4,7,14,18,21H2,2-3,5H3/q+2/b34-10-. The summed E-state index contributed by atoms with van der Waals surface area (Å²) in [5, 5.41) is 1.87. The Balaban J connectivity index is 1.48. The Kier molecular flexibility index (Phi) is 6.25. The van der Waals surface area contributed by atoms with Gasteiger partial charge in [-0.1, -0.05) is 48.5 Å². The first-order valence-corrected chi connectivity index (χ1v) is 14.8. The summed E-state index contributed by atoms with van der Waals surface area (Å²) >= 11 is 0. The number of nitrogens with zero attached hydrogens (tertiary/aromatic N) is 3. The number of hydrogen-bond donors (Lipinski definition) is 0. The fourth-order valence-corrected chi connectivity index (χ4v) is 7.12. The molecule has 0 fully saturated rings. The molecule has 2 aromatic carbocycles. The van der Waals surface area contributed by atoms with E-state index in [1.165, 1.54) is 22.4 Å². The van der Waals surface area contributed by atoms with E-state index in [0.717, 1.165) is 46.9 Å². The largest absolute Gasteiger partial charge is 0.437 e. The Labute approximate surface area is 246 Å². The molecule has 3 aromatic heterocycles. The number of aryl methyl sites for hydroxylation is 3. The van der Waals surface area contributed by atoms with Crippen LogP contribution in [0.15, 0.2) is 102 Å². The third-order valence-electron chi connectivity index (χ3n) is 9.39. The van der Waals surface area contributed by atoms with Gasteiger partial charge in [-0.15, -0.1) is 0 Å². The van der Waals surface area contributed by atoms with Crippen molar-refractivity contribution >= 4 is 27.8 Å². The topological polar surface area (TPSA) is 29.9 Å². The molecule has 5 heterocycles. The monoisotopic (exact) mass is 557 g/mol. The Hall–Kier alpha value is -4.35. The lowest BCUT2D eigenvalue weighted by molar-refractivity contribution is -0.949. The summed E-state index contributed by atoms with van der Waals surface area (Å²) in [5.41, 5.74) is 10.0. The van der Waals surface area contributed by atoms with Gasteiger partial charge in [0.25, 0.3) is 0 Å². The van der Waals surface area contributed by atoms with Gasteiger partial charge in [-0.25, -0.2) is 4.98 Å². The molecular formula is C37H36FN3O+2. The van der Waals surface area contributed by atoms with Gasteiger partial charge in [0, 0.05) is 50.6 Å². The number of allylic oxidation sites excluding steroid dienone is 3. The summed E-state index contributed by atoms with van der Waals surface area (Å²) in [6.07, 6.45) is 8.74. The molecule has 42 heavy (non-hydrogen) atoms. The van der Waals surface area contributed by atoms with Crippen LogP contribution in [0.3, 0.4) is 0 Å². The number of pyridine rings is 2. The van der Waals surface area contributed by atoms with Crippen molar-refractivity contribution < 1.29 is 18.2 Å². The zero-order valence-corrected chi connectivity index (χ0v) is 24.5. The van der Waals surface area contributed by atoms with Gasteiger partial charge in [-0.05, 0) is 73.7 Å². The molecule has 0 amide bonds. The van der Waals surface area contributed by atoms with Crippen LogP contribution in [0.2, 0.25) is 0 Å². The second-order valence-corrected chi connectivity index (χ2v) is 11.8. The van der Waals surface area contributed by atoms with Crippen molar-refractivity contribution in [3.8, 4) is 11.3 Å². The minimum absolute atomic E-state index is 0.0372. The van der Waals surface area contributed by atoms with Gasteiger partial charge in [0.2, 0.25) is 11.4 Å². The molecule has 3 unspecified atom stereocenters. The van der Waals surface area contributed by atoms with Crippen LogP contribution >= 0.6 is 0 Å². The van der Waals surface area contributed by atoms with E-state index in [1.807, 2.05) is 19.1 Å². The summed E-state index contributed by atoms with van der Waals surface area (Å²) in [5.74, 6) is 0.191. The van der Waals surface area contributed by atoms with Crippen LogP contribution in [0, 0.1) is 6.92 Å². The zero-order chi connectivity index (χ0) is 29.2. The predicted molar refractivity (Wildman–Crippen MR) is 167 cm³/mol. The first-order chi connectivity index (χ1) is 20.3. The molecule has 0 spiro atoms. The SMILES string of the molecule is C=C/C=C1/c2c(ccc3c2oc2nc(C)ccc23)CCC2c3cc(CC)ccc3-c3cccc[n+]3C2CC(=C)[N+]1(C)F. The van der Waals surface area contributed by atoms with Gasteiger partial charge in [-0.2, -0.15) is 4.57 Å². The first-order valence-electron chi connectivity index (χ1n) is 14.8. The maximum absolute atomic E-state index is 17.4. The van der Waals surface area contributed by atoms with Gasteiger partial charge < -0.3 is 4.42 Å². The van der Waals surface area contributed by atoms with E-state index in [9.17, 15) is 0 Å². The van der Waals surface area contributed by atoms with E-state index in [-0.39, 0.29) is 12.0 Å². The number of fused-ring (bicyclic) bond motifs is 11. The van der Waals surface area contributed by atoms with Gasteiger partial charge in [0.1, 0.15) is 7.05 Å².